The van der Waals surface area contributed by atoms with E-state index in [1.807, 2.05) is 33.0 Å². The van der Waals surface area contributed by atoms with Gasteiger partial charge in [0.15, 0.2) is 0 Å². The molecule has 1 atom stereocenters. The molecular weight excluding hydrogens is 564 g/mol. The van der Waals surface area contributed by atoms with Gasteiger partial charge < -0.3 is 29.9 Å². The number of hydrogen-bond acceptors (Lipinski definition) is 7. The first-order chi connectivity index (χ1) is 18.7. The molecule has 11 nitrogen and oxygen atoms in total. The van der Waals surface area contributed by atoms with Crippen LogP contribution in [0.4, 0.5) is 19.3 Å². The van der Waals surface area contributed by atoms with Gasteiger partial charge in [-0.2, -0.15) is 0 Å². The summed E-state index contributed by atoms with van der Waals surface area (Å²) in [5, 5.41) is 13.0. The minimum Gasteiger partial charge on any atom is -0.465 e. The minimum absolute atomic E-state index is 0.0996. The summed E-state index contributed by atoms with van der Waals surface area (Å²) >= 11 is 0. The van der Waals surface area contributed by atoms with Crippen LogP contribution in [0.2, 0.25) is 0 Å². The van der Waals surface area contributed by atoms with Crippen LogP contribution in [-0.2, 0) is 28.5 Å². The van der Waals surface area contributed by atoms with E-state index >= 15 is 4.39 Å². The quantitative estimate of drug-likeness (QED) is 0.176. The molecule has 1 saturated heterocycles. The van der Waals surface area contributed by atoms with Gasteiger partial charge in [0, 0.05) is 12.2 Å². The molecule has 0 spiro atoms. The number of carboxylic acid groups (broad SMARTS) is 1. The first-order valence-corrected chi connectivity index (χ1v) is 14.2. The van der Waals surface area contributed by atoms with Crippen molar-refractivity contribution in [3.05, 3.63) is 58.7 Å². The van der Waals surface area contributed by atoms with Gasteiger partial charge in [0.25, 0.3) is 5.91 Å². The number of amides is 2. The van der Waals surface area contributed by atoms with Gasteiger partial charge in [-0.15, -0.1) is 0 Å². The third-order valence-electron chi connectivity index (χ3n) is 7.05. The standard InChI is InChI=1S/C26H34BF2N2O9P/c1-15-19(27-38-25(4,5)26(6,7)39-27)13-17(28)14-21(15)31-22(32)18-9-8-16(12-20(18)29)24(2,3)40-41(35,36)37-11-10-30-23(33)34/h8-9,12-14,30H,10-11H2,1-7H3,(H,31,32)(H,33,34)(H,35,36). The molecule has 0 aliphatic carbocycles. The number of halogens is 2. The Morgan fingerprint density at radius 2 is 1.71 bits per heavy atom. The first kappa shape index (κ1) is 32.6. The lowest BCUT2D eigenvalue weighted by Crippen LogP contribution is -2.41. The van der Waals surface area contributed by atoms with E-state index in [9.17, 15) is 23.4 Å². The lowest BCUT2D eigenvalue weighted by atomic mass is 9.75. The zero-order valence-electron chi connectivity index (χ0n) is 23.8. The summed E-state index contributed by atoms with van der Waals surface area (Å²) in [6, 6.07) is 5.83. The van der Waals surface area contributed by atoms with Gasteiger partial charge in [-0.3, -0.25) is 13.8 Å². The average Bonchev–Trinajstić information content (AvgIpc) is 3.04. The van der Waals surface area contributed by atoms with Gasteiger partial charge >= 0.3 is 21.0 Å². The third-order valence-corrected chi connectivity index (χ3v) is 8.25. The number of phosphoric acid groups is 1. The van der Waals surface area contributed by atoms with Crippen molar-refractivity contribution in [2.24, 2.45) is 0 Å². The fraction of sp³-hybridized carbons (Fsp3) is 0.462. The van der Waals surface area contributed by atoms with Crippen LogP contribution >= 0.6 is 7.82 Å². The minimum atomic E-state index is -4.66. The molecule has 3 rings (SSSR count). The molecule has 41 heavy (non-hydrogen) atoms. The number of nitrogens with one attached hydrogen (secondary N) is 2. The maximum absolute atomic E-state index is 15.1. The van der Waals surface area contributed by atoms with Crippen molar-refractivity contribution >= 4 is 38.1 Å². The van der Waals surface area contributed by atoms with E-state index < -0.39 is 62.0 Å². The molecule has 2 amide bonds. The number of phosphoric ester groups is 1. The van der Waals surface area contributed by atoms with Crippen molar-refractivity contribution in [3.63, 3.8) is 0 Å². The number of carbonyl (C=O) groups is 2. The average molecular weight is 598 g/mol. The van der Waals surface area contributed by atoms with Gasteiger partial charge in [-0.05, 0) is 89.3 Å². The predicted molar refractivity (Wildman–Crippen MR) is 147 cm³/mol. The molecule has 1 aliphatic heterocycles. The predicted octanol–water partition coefficient (Wildman–Crippen LogP) is 4.46. The molecule has 1 aliphatic rings. The van der Waals surface area contributed by atoms with Crippen LogP contribution in [0.5, 0.6) is 0 Å². The lowest BCUT2D eigenvalue weighted by molar-refractivity contribution is 0.00578. The van der Waals surface area contributed by atoms with E-state index in [1.54, 1.807) is 6.92 Å². The fourth-order valence-electron chi connectivity index (χ4n) is 3.99. The number of anilines is 1. The van der Waals surface area contributed by atoms with Gasteiger partial charge in [0.05, 0.1) is 29.0 Å². The molecule has 0 radical (unpaired) electrons. The van der Waals surface area contributed by atoms with E-state index in [-0.39, 0.29) is 23.4 Å². The number of rotatable bonds is 10. The maximum atomic E-state index is 15.1. The monoisotopic (exact) mass is 598 g/mol. The van der Waals surface area contributed by atoms with E-state index in [1.165, 1.54) is 26.0 Å². The van der Waals surface area contributed by atoms with Crippen LogP contribution in [0.3, 0.4) is 0 Å². The van der Waals surface area contributed by atoms with Crippen LogP contribution in [0, 0.1) is 18.6 Å². The van der Waals surface area contributed by atoms with Crippen molar-refractivity contribution in [3.8, 4) is 0 Å². The molecule has 0 saturated carbocycles. The molecule has 1 heterocycles. The molecule has 2 aromatic rings. The highest BCUT2D eigenvalue weighted by molar-refractivity contribution is 7.47. The Morgan fingerprint density at radius 1 is 1.10 bits per heavy atom. The summed E-state index contributed by atoms with van der Waals surface area (Å²) in [4.78, 5) is 33.5. The van der Waals surface area contributed by atoms with E-state index in [0.717, 1.165) is 18.2 Å². The molecule has 4 N–H and O–H groups in total. The van der Waals surface area contributed by atoms with Crippen LogP contribution < -0.4 is 16.1 Å². The van der Waals surface area contributed by atoms with Crippen LogP contribution in [-0.4, -0.2) is 53.5 Å². The van der Waals surface area contributed by atoms with Crippen molar-refractivity contribution in [2.75, 3.05) is 18.5 Å². The first-order valence-electron chi connectivity index (χ1n) is 12.7. The summed E-state index contributed by atoms with van der Waals surface area (Å²) in [5.41, 5.74) is -2.19. The normalized spacial score (nSPS) is 17.7. The summed E-state index contributed by atoms with van der Waals surface area (Å²) in [6.07, 6.45) is -1.33. The molecule has 224 valence electrons. The summed E-state index contributed by atoms with van der Waals surface area (Å²) in [7, 11) is -5.55. The van der Waals surface area contributed by atoms with E-state index in [0.29, 0.717) is 11.0 Å². The Labute approximate surface area is 237 Å². The molecule has 0 aromatic heterocycles. The lowest BCUT2D eigenvalue weighted by Gasteiger charge is -2.32. The molecule has 15 heteroatoms. The highest BCUT2D eigenvalue weighted by Gasteiger charge is 2.52. The number of hydrogen-bond donors (Lipinski definition) is 4. The second-order valence-corrected chi connectivity index (χ2v) is 12.4. The number of benzene rings is 2. The van der Waals surface area contributed by atoms with Crippen molar-refractivity contribution in [1.82, 2.24) is 5.32 Å². The van der Waals surface area contributed by atoms with Gasteiger partial charge in [0.1, 0.15) is 11.6 Å². The zero-order chi connectivity index (χ0) is 31.0. The van der Waals surface area contributed by atoms with Crippen LogP contribution in [0.1, 0.15) is 63.0 Å². The SMILES string of the molecule is Cc1c(NC(=O)c2ccc(C(C)(C)OP(=O)(O)OCCNC(=O)O)cc2F)cc(F)cc1B1OC(C)(C)C(C)(C)O1. The zero-order valence-corrected chi connectivity index (χ0v) is 24.7. The van der Waals surface area contributed by atoms with Crippen LogP contribution in [0.15, 0.2) is 30.3 Å². The second-order valence-electron chi connectivity index (χ2n) is 11.0. The highest BCUT2D eigenvalue weighted by atomic mass is 31.2. The third kappa shape index (κ3) is 7.70. The molecular formula is C26H34BF2N2O9P. The summed E-state index contributed by atoms with van der Waals surface area (Å²) < 4.78 is 64.0. The Bertz CT molecular complexity index is 1370. The molecule has 1 unspecified atom stereocenters. The van der Waals surface area contributed by atoms with E-state index in [4.69, 9.17) is 23.5 Å². The smallest absolute Gasteiger partial charge is 0.465 e. The van der Waals surface area contributed by atoms with Gasteiger partial charge in [-0.25, -0.2) is 18.1 Å². The highest BCUT2D eigenvalue weighted by Crippen LogP contribution is 2.50. The Hall–Kier alpha value is -2.87. The molecule has 0 bridgehead atoms. The summed E-state index contributed by atoms with van der Waals surface area (Å²) in [6.45, 7) is 11.1. The Balaban J connectivity index is 1.77. The number of carbonyl (C=O) groups excluding carboxylic acids is 1. The van der Waals surface area contributed by atoms with Crippen molar-refractivity contribution in [2.45, 2.75) is 65.3 Å². The summed E-state index contributed by atoms with van der Waals surface area (Å²) in [5.74, 6) is -2.47. The van der Waals surface area contributed by atoms with Crippen molar-refractivity contribution < 1.29 is 51.3 Å². The topological polar surface area (TPSA) is 153 Å². The molecule has 2 aromatic carbocycles. The fourth-order valence-corrected chi connectivity index (χ4v) is 5.05. The second kappa shape index (κ2) is 11.8. The van der Waals surface area contributed by atoms with Gasteiger partial charge in [0.2, 0.25) is 0 Å². The maximum Gasteiger partial charge on any atom is 0.495 e. The Morgan fingerprint density at radius 3 is 2.27 bits per heavy atom. The largest absolute Gasteiger partial charge is 0.495 e. The van der Waals surface area contributed by atoms with E-state index in [2.05, 4.69) is 5.32 Å². The van der Waals surface area contributed by atoms with Crippen LogP contribution in [0.25, 0.3) is 0 Å². The molecule has 1 fully saturated rings. The van der Waals surface area contributed by atoms with Gasteiger partial charge in [-0.1, -0.05) is 6.07 Å². The van der Waals surface area contributed by atoms with Crippen molar-refractivity contribution in [1.29, 1.82) is 0 Å². The Kier molecular flexibility index (Phi) is 9.39.